The van der Waals surface area contributed by atoms with Crippen LogP contribution in [0.4, 0.5) is 18.0 Å². The molecule has 0 aromatic heterocycles. The SMILES string of the molecule is CC1=CCC(C2CC(c3ccc(C(F)(F)F)cc3)CN(C(=O)N3CCC(C#N)CC3)C2)=N1. The summed E-state index contributed by atoms with van der Waals surface area (Å²) in [5.41, 5.74) is 2.15. The first-order chi connectivity index (χ1) is 15.2. The first-order valence-corrected chi connectivity index (χ1v) is 11.1. The van der Waals surface area contributed by atoms with Gasteiger partial charge in [0.1, 0.15) is 0 Å². The Kier molecular flexibility index (Phi) is 6.27. The van der Waals surface area contributed by atoms with Crippen molar-refractivity contribution in [2.45, 2.75) is 44.7 Å². The van der Waals surface area contributed by atoms with Crippen molar-refractivity contribution in [2.75, 3.05) is 26.2 Å². The fraction of sp³-hybridized carbons (Fsp3) is 0.542. The molecule has 5 nitrogen and oxygen atoms in total. The molecule has 1 aromatic rings. The summed E-state index contributed by atoms with van der Waals surface area (Å²) in [4.78, 5) is 21.6. The number of aliphatic imine (C=N–C) groups is 1. The van der Waals surface area contributed by atoms with Gasteiger partial charge in [0.25, 0.3) is 0 Å². The quantitative estimate of drug-likeness (QED) is 0.628. The first kappa shape index (κ1) is 22.4. The highest BCUT2D eigenvalue weighted by molar-refractivity contribution is 5.91. The van der Waals surface area contributed by atoms with Crippen molar-refractivity contribution in [1.29, 1.82) is 5.26 Å². The summed E-state index contributed by atoms with van der Waals surface area (Å²) in [5.74, 6) is 0.0144. The van der Waals surface area contributed by atoms with Gasteiger partial charge in [-0.25, -0.2) is 4.79 Å². The summed E-state index contributed by atoms with van der Waals surface area (Å²) in [7, 11) is 0. The van der Waals surface area contributed by atoms with Crippen LogP contribution in [-0.2, 0) is 6.18 Å². The predicted octanol–water partition coefficient (Wildman–Crippen LogP) is 5.21. The zero-order chi connectivity index (χ0) is 22.9. The lowest BCUT2D eigenvalue weighted by Crippen LogP contribution is -2.52. The molecule has 0 N–H and O–H groups in total. The number of allylic oxidation sites excluding steroid dienone is 2. The van der Waals surface area contributed by atoms with Crippen LogP contribution < -0.4 is 0 Å². The number of hydrogen-bond donors (Lipinski definition) is 0. The van der Waals surface area contributed by atoms with E-state index in [1.165, 1.54) is 12.1 Å². The molecule has 0 aliphatic carbocycles. The number of halogens is 3. The predicted molar refractivity (Wildman–Crippen MR) is 115 cm³/mol. The maximum absolute atomic E-state index is 13.3. The Labute approximate surface area is 186 Å². The number of rotatable bonds is 2. The van der Waals surface area contributed by atoms with Gasteiger partial charge in [-0.3, -0.25) is 4.99 Å². The molecule has 3 heterocycles. The largest absolute Gasteiger partial charge is 0.416 e. The lowest BCUT2D eigenvalue weighted by molar-refractivity contribution is -0.137. The molecule has 0 radical (unpaired) electrons. The number of piperidine rings is 2. The molecular weight excluding hydrogens is 417 g/mol. The van der Waals surface area contributed by atoms with Crippen LogP contribution in [0, 0.1) is 23.2 Å². The minimum Gasteiger partial charge on any atom is -0.325 e. The molecule has 2 atom stereocenters. The second kappa shape index (κ2) is 8.97. The Bertz CT molecular complexity index is 953. The average molecular weight is 445 g/mol. The lowest BCUT2D eigenvalue weighted by Gasteiger charge is -2.41. The van der Waals surface area contributed by atoms with Gasteiger partial charge in [0, 0.05) is 61.8 Å². The van der Waals surface area contributed by atoms with Gasteiger partial charge in [-0.15, -0.1) is 0 Å². The molecule has 32 heavy (non-hydrogen) atoms. The Morgan fingerprint density at radius 1 is 1.09 bits per heavy atom. The molecule has 1 aromatic carbocycles. The van der Waals surface area contributed by atoms with E-state index in [0.29, 0.717) is 39.0 Å². The van der Waals surface area contributed by atoms with Crippen LogP contribution in [0.5, 0.6) is 0 Å². The molecule has 2 unspecified atom stereocenters. The Morgan fingerprint density at radius 3 is 2.31 bits per heavy atom. The number of hydrogen-bond acceptors (Lipinski definition) is 3. The fourth-order valence-corrected chi connectivity index (χ4v) is 4.91. The van der Waals surface area contributed by atoms with Crippen molar-refractivity contribution >= 4 is 11.7 Å². The molecule has 8 heteroatoms. The monoisotopic (exact) mass is 444 g/mol. The van der Waals surface area contributed by atoms with E-state index < -0.39 is 11.7 Å². The third-order valence-corrected chi connectivity index (χ3v) is 6.78. The zero-order valence-electron chi connectivity index (χ0n) is 18.1. The van der Waals surface area contributed by atoms with E-state index in [-0.39, 0.29) is 23.8 Å². The smallest absolute Gasteiger partial charge is 0.325 e. The summed E-state index contributed by atoms with van der Waals surface area (Å²) >= 11 is 0. The maximum atomic E-state index is 13.3. The lowest BCUT2D eigenvalue weighted by atomic mass is 9.81. The Balaban J connectivity index is 1.54. The van der Waals surface area contributed by atoms with Crippen LogP contribution >= 0.6 is 0 Å². The van der Waals surface area contributed by atoms with E-state index in [1.54, 1.807) is 4.90 Å². The van der Waals surface area contributed by atoms with Gasteiger partial charge in [0.15, 0.2) is 0 Å². The van der Waals surface area contributed by atoms with Crippen LogP contribution in [0.15, 0.2) is 41.0 Å². The van der Waals surface area contributed by atoms with Gasteiger partial charge >= 0.3 is 12.2 Å². The van der Waals surface area contributed by atoms with Gasteiger partial charge < -0.3 is 9.80 Å². The first-order valence-electron chi connectivity index (χ1n) is 11.1. The normalized spacial score (nSPS) is 24.7. The molecule has 2 amide bonds. The fourth-order valence-electron chi connectivity index (χ4n) is 4.91. The Hall–Kier alpha value is -2.82. The molecule has 0 bridgehead atoms. The number of likely N-dealkylation sites (tertiary alicyclic amines) is 2. The van der Waals surface area contributed by atoms with Gasteiger partial charge in [-0.1, -0.05) is 18.2 Å². The minimum atomic E-state index is -4.37. The molecule has 170 valence electrons. The highest BCUT2D eigenvalue weighted by Gasteiger charge is 2.37. The second-order valence-electron chi connectivity index (χ2n) is 8.98. The second-order valence-corrected chi connectivity index (χ2v) is 8.98. The third-order valence-electron chi connectivity index (χ3n) is 6.78. The molecule has 2 saturated heterocycles. The topological polar surface area (TPSA) is 59.7 Å². The standard InChI is InChI=1S/C24H27F3N4O/c1-16-2-7-22(29-16)20-12-19(18-3-5-21(6-4-18)24(25,26)27)14-31(15-20)23(32)30-10-8-17(13-28)9-11-30/h2-6,17,19-20H,7-12,14-15H2,1H3. The van der Waals surface area contributed by atoms with Crippen molar-refractivity contribution in [3.05, 3.63) is 47.2 Å². The number of urea groups is 1. The van der Waals surface area contributed by atoms with Crippen LogP contribution in [-0.4, -0.2) is 47.7 Å². The summed E-state index contributed by atoms with van der Waals surface area (Å²) in [6.45, 7) is 4.10. The number of benzene rings is 1. The molecular formula is C24H27F3N4O. The van der Waals surface area contributed by atoms with Gasteiger partial charge in [0.2, 0.25) is 0 Å². The number of nitrogens with zero attached hydrogens (tertiary/aromatic N) is 4. The number of amides is 2. The number of nitriles is 1. The van der Waals surface area contributed by atoms with Gasteiger partial charge in [-0.2, -0.15) is 18.4 Å². The van der Waals surface area contributed by atoms with E-state index in [2.05, 4.69) is 17.1 Å². The summed E-state index contributed by atoms with van der Waals surface area (Å²) in [6.07, 6.45) is 0.565. The van der Waals surface area contributed by atoms with Crippen LogP contribution in [0.2, 0.25) is 0 Å². The van der Waals surface area contributed by atoms with Crippen molar-refractivity contribution in [2.24, 2.45) is 16.8 Å². The molecule has 2 fully saturated rings. The van der Waals surface area contributed by atoms with Crippen molar-refractivity contribution < 1.29 is 18.0 Å². The van der Waals surface area contributed by atoms with E-state index >= 15 is 0 Å². The van der Waals surface area contributed by atoms with Crippen LogP contribution in [0.3, 0.4) is 0 Å². The summed E-state index contributed by atoms with van der Waals surface area (Å²) in [6, 6.07) is 7.55. The van der Waals surface area contributed by atoms with Crippen LogP contribution in [0.25, 0.3) is 0 Å². The van der Waals surface area contributed by atoms with E-state index in [9.17, 15) is 18.0 Å². The third kappa shape index (κ3) is 4.82. The molecule has 4 rings (SSSR count). The number of carbonyl (C=O) groups excluding carboxylic acids is 1. The van der Waals surface area contributed by atoms with Crippen molar-refractivity contribution in [3.8, 4) is 6.07 Å². The van der Waals surface area contributed by atoms with E-state index in [0.717, 1.165) is 41.9 Å². The van der Waals surface area contributed by atoms with E-state index in [1.807, 2.05) is 11.8 Å². The van der Waals surface area contributed by atoms with Crippen molar-refractivity contribution in [3.63, 3.8) is 0 Å². The number of alkyl halides is 3. The van der Waals surface area contributed by atoms with Crippen molar-refractivity contribution in [1.82, 2.24) is 9.80 Å². The Morgan fingerprint density at radius 2 is 1.75 bits per heavy atom. The minimum absolute atomic E-state index is 0.00468. The van der Waals surface area contributed by atoms with Gasteiger partial charge in [0.05, 0.1) is 11.6 Å². The highest BCUT2D eigenvalue weighted by Crippen LogP contribution is 2.36. The highest BCUT2D eigenvalue weighted by atomic mass is 19.4. The molecule has 3 aliphatic heterocycles. The van der Waals surface area contributed by atoms with Gasteiger partial charge in [-0.05, 0) is 43.9 Å². The average Bonchev–Trinajstić information content (AvgIpc) is 3.24. The molecule has 0 saturated carbocycles. The van der Waals surface area contributed by atoms with Crippen LogP contribution in [0.1, 0.15) is 49.7 Å². The maximum Gasteiger partial charge on any atom is 0.416 e. The summed E-state index contributed by atoms with van der Waals surface area (Å²) < 4.78 is 39.0. The molecule has 3 aliphatic rings. The van der Waals surface area contributed by atoms with E-state index in [4.69, 9.17) is 5.26 Å². The summed E-state index contributed by atoms with van der Waals surface area (Å²) in [5, 5.41) is 9.12. The number of carbonyl (C=O) groups is 1. The molecule has 0 spiro atoms. The zero-order valence-corrected chi connectivity index (χ0v) is 18.1.